The highest BCUT2D eigenvalue weighted by molar-refractivity contribution is 5.65. The second kappa shape index (κ2) is 9.84. The Kier molecular flexibility index (Phi) is 6.87. The van der Waals surface area contributed by atoms with E-state index < -0.39 is 11.4 Å². The minimum Gasteiger partial charge on any atom is -0.485 e. The molecule has 3 aromatic rings. The molecule has 0 unspecified atom stereocenters. The van der Waals surface area contributed by atoms with E-state index in [4.69, 9.17) is 10.5 Å². The minimum atomic E-state index is -1.16. The van der Waals surface area contributed by atoms with Gasteiger partial charge in [-0.3, -0.25) is 4.68 Å². The third kappa shape index (κ3) is 6.13. The van der Waals surface area contributed by atoms with E-state index in [2.05, 4.69) is 33.9 Å². The second-order valence-electron chi connectivity index (χ2n) is 9.30. The molecule has 0 spiro atoms. The van der Waals surface area contributed by atoms with E-state index in [-0.39, 0.29) is 12.4 Å². The highest BCUT2D eigenvalue weighted by Crippen LogP contribution is 2.29. The summed E-state index contributed by atoms with van der Waals surface area (Å²) in [5.74, 6) is 5.72. The first-order valence-corrected chi connectivity index (χ1v) is 11.3. The van der Waals surface area contributed by atoms with Gasteiger partial charge in [0.2, 0.25) is 0 Å². The normalized spacial score (nSPS) is 15.1. The molecule has 1 aromatic carbocycles. The molecule has 8 heteroatoms. The van der Waals surface area contributed by atoms with E-state index in [0.717, 1.165) is 37.1 Å². The van der Waals surface area contributed by atoms with Crippen molar-refractivity contribution in [2.24, 2.45) is 0 Å². The maximum absolute atomic E-state index is 14.1. The number of rotatable bonds is 5. The zero-order valence-corrected chi connectivity index (χ0v) is 19.8. The van der Waals surface area contributed by atoms with Crippen LogP contribution in [0.25, 0.3) is 11.1 Å². The quantitative estimate of drug-likeness (QED) is 0.562. The SMILES string of the molecule is CN1CCC(n2cc(-c3cnc(N)c(OCc4cc(F)cc(C#CC(C)(C)O)c4)c3)cn2)CC1. The van der Waals surface area contributed by atoms with Gasteiger partial charge >= 0.3 is 0 Å². The Morgan fingerprint density at radius 1 is 1.18 bits per heavy atom. The summed E-state index contributed by atoms with van der Waals surface area (Å²) in [5, 5.41) is 14.4. The molecule has 7 nitrogen and oxygen atoms in total. The van der Waals surface area contributed by atoms with E-state index in [9.17, 15) is 9.50 Å². The summed E-state index contributed by atoms with van der Waals surface area (Å²) in [7, 11) is 2.14. The fraction of sp³-hybridized carbons (Fsp3) is 0.385. The van der Waals surface area contributed by atoms with E-state index in [1.54, 1.807) is 26.1 Å². The van der Waals surface area contributed by atoms with Gasteiger partial charge in [0.25, 0.3) is 0 Å². The summed E-state index contributed by atoms with van der Waals surface area (Å²) >= 11 is 0. The van der Waals surface area contributed by atoms with Crippen LogP contribution in [0, 0.1) is 17.7 Å². The van der Waals surface area contributed by atoms with Crippen molar-refractivity contribution in [3.63, 3.8) is 0 Å². The molecule has 1 fully saturated rings. The molecule has 0 amide bonds. The largest absolute Gasteiger partial charge is 0.485 e. The molecular formula is C26H30FN5O2. The Balaban J connectivity index is 1.48. The van der Waals surface area contributed by atoms with Crippen LogP contribution in [0.3, 0.4) is 0 Å². The zero-order chi connectivity index (χ0) is 24.3. The topological polar surface area (TPSA) is 89.4 Å². The van der Waals surface area contributed by atoms with Gasteiger partial charge in [0, 0.05) is 29.1 Å². The number of pyridine rings is 1. The Labute approximate surface area is 199 Å². The van der Waals surface area contributed by atoms with Crippen LogP contribution < -0.4 is 10.5 Å². The number of aromatic nitrogens is 3. The van der Waals surface area contributed by atoms with Crippen molar-refractivity contribution < 1.29 is 14.2 Å². The van der Waals surface area contributed by atoms with E-state index in [1.165, 1.54) is 12.1 Å². The van der Waals surface area contributed by atoms with Gasteiger partial charge in [0.05, 0.1) is 12.2 Å². The predicted molar refractivity (Wildman–Crippen MR) is 130 cm³/mol. The number of benzene rings is 1. The first-order chi connectivity index (χ1) is 16.2. The fourth-order valence-electron chi connectivity index (χ4n) is 3.87. The predicted octanol–water partition coefficient (Wildman–Crippen LogP) is 3.63. The lowest BCUT2D eigenvalue weighted by molar-refractivity contribution is 0.143. The van der Waals surface area contributed by atoms with Crippen molar-refractivity contribution in [3.05, 3.63) is 59.8 Å². The van der Waals surface area contributed by atoms with Crippen LogP contribution in [-0.2, 0) is 6.61 Å². The summed E-state index contributed by atoms with van der Waals surface area (Å²) in [6.45, 7) is 5.37. The molecule has 4 rings (SSSR count). The molecule has 1 aliphatic rings. The smallest absolute Gasteiger partial charge is 0.166 e. The molecule has 3 N–H and O–H groups in total. The van der Waals surface area contributed by atoms with Gasteiger partial charge in [-0.1, -0.05) is 11.8 Å². The van der Waals surface area contributed by atoms with Gasteiger partial charge in [0.15, 0.2) is 11.6 Å². The van der Waals surface area contributed by atoms with Crippen LogP contribution in [0.4, 0.5) is 10.2 Å². The average molecular weight is 464 g/mol. The number of aliphatic hydroxyl groups is 1. The van der Waals surface area contributed by atoms with Crippen LogP contribution in [0.2, 0.25) is 0 Å². The second-order valence-corrected chi connectivity index (χ2v) is 9.30. The standard InChI is InChI=1S/C26H30FN5O2/c1-26(2,33)7-4-18-10-19(12-22(27)11-18)17-34-24-13-20(14-29-25(24)28)21-15-30-32(16-21)23-5-8-31(3)9-6-23/h10-16,23,33H,5-6,8-9,17H2,1-3H3,(H2,28,29). The van der Waals surface area contributed by atoms with E-state index in [1.807, 2.05) is 23.1 Å². The van der Waals surface area contributed by atoms with Crippen LogP contribution in [-0.4, -0.2) is 50.5 Å². The summed E-state index contributed by atoms with van der Waals surface area (Å²) in [6.07, 6.45) is 7.71. The highest BCUT2D eigenvalue weighted by Gasteiger charge is 2.19. The number of hydrogen-bond acceptors (Lipinski definition) is 6. The first-order valence-electron chi connectivity index (χ1n) is 11.3. The van der Waals surface area contributed by atoms with Crippen molar-refractivity contribution in [2.45, 2.75) is 44.9 Å². The molecule has 1 aliphatic heterocycles. The van der Waals surface area contributed by atoms with Crippen LogP contribution in [0.5, 0.6) is 5.75 Å². The number of halogens is 1. The third-order valence-corrected chi connectivity index (χ3v) is 5.74. The monoisotopic (exact) mass is 463 g/mol. The molecule has 0 radical (unpaired) electrons. The summed E-state index contributed by atoms with van der Waals surface area (Å²) in [5.41, 5.74) is 7.71. The fourth-order valence-corrected chi connectivity index (χ4v) is 3.87. The molecule has 0 aliphatic carbocycles. The molecule has 3 heterocycles. The number of anilines is 1. The average Bonchev–Trinajstić information content (AvgIpc) is 3.27. The van der Waals surface area contributed by atoms with Gasteiger partial charge < -0.3 is 20.5 Å². The molecule has 1 saturated heterocycles. The van der Waals surface area contributed by atoms with E-state index in [0.29, 0.717) is 22.9 Å². The van der Waals surface area contributed by atoms with Crippen molar-refractivity contribution in [1.82, 2.24) is 19.7 Å². The lowest BCUT2D eigenvalue weighted by Crippen LogP contribution is -2.31. The number of likely N-dealkylation sites (tertiary alicyclic amines) is 1. The van der Waals surface area contributed by atoms with Gasteiger partial charge in [0.1, 0.15) is 18.0 Å². The van der Waals surface area contributed by atoms with Crippen molar-refractivity contribution >= 4 is 5.82 Å². The van der Waals surface area contributed by atoms with E-state index >= 15 is 0 Å². The van der Waals surface area contributed by atoms with Crippen LogP contribution in [0.1, 0.15) is 43.9 Å². The third-order valence-electron chi connectivity index (χ3n) is 5.74. The Bertz CT molecular complexity index is 1210. The van der Waals surface area contributed by atoms with Crippen LogP contribution >= 0.6 is 0 Å². The molecule has 0 atom stereocenters. The summed E-state index contributed by atoms with van der Waals surface area (Å²) < 4.78 is 22.0. The number of ether oxygens (including phenoxy) is 1. The van der Waals surface area contributed by atoms with Crippen molar-refractivity contribution in [2.75, 3.05) is 25.9 Å². The highest BCUT2D eigenvalue weighted by atomic mass is 19.1. The Hall–Kier alpha value is -3.41. The summed E-state index contributed by atoms with van der Waals surface area (Å²) in [6, 6.07) is 6.65. The number of piperidine rings is 1. The maximum Gasteiger partial charge on any atom is 0.166 e. The number of nitrogens with two attached hydrogens (primary N) is 1. The number of nitrogens with zero attached hydrogens (tertiary/aromatic N) is 4. The Morgan fingerprint density at radius 2 is 1.94 bits per heavy atom. The van der Waals surface area contributed by atoms with Crippen molar-refractivity contribution in [3.8, 4) is 28.7 Å². The molecule has 0 saturated carbocycles. The molecule has 34 heavy (non-hydrogen) atoms. The zero-order valence-electron chi connectivity index (χ0n) is 19.8. The maximum atomic E-state index is 14.1. The molecular weight excluding hydrogens is 433 g/mol. The summed E-state index contributed by atoms with van der Waals surface area (Å²) in [4.78, 5) is 6.61. The lowest BCUT2D eigenvalue weighted by atomic mass is 10.1. The van der Waals surface area contributed by atoms with Crippen molar-refractivity contribution in [1.29, 1.82) is 0 Å². The number of nitrogen functional groups attached to an aromatic ring is 1. The molecule has 2 aromatic heterocycles. The Morgan fingerprint density at radius 3 is 2.68 bits per heavy atom. The van der Waals surface area contributed by atoms with Gasteiger partial charge in [-0.25, -0.2) is 9.37 Å². The van der Waals surface area contributed by atoms with Gasteiger partial charge in [-0.2, -0.15) is 5.10 Å². The van der Waals surface area contributed by atoms with Gasteiger partial charge in [-0.05, 0) is 76.7 Å². The first kappa shape index (κ1) is 23.7. The minimum absolute atomic E-state index is 0.0964. The number of hydrogen-bond donors (Lipinski definition) is 2. The molecule has 0 bridgehead atoms. The van der Waals surface area contributed by atoms with Crippen LogP contribution in [0.15, 0.2) is 42.9 Å². The molecule has 178 valence electrons. The van der Waals surface area contributed by atoms with Gasteiger partial charge in [-0.15, -0.1) is 0 Å². The lowest BCUT2D eigenvalue weighted by Gasteiger charge is -2.28.